The lowest BCUT2D eigenvalue weighted by Gasteiger charge is -2.11. The highest BCUT2D eigenvalue weighted by Crippen LogP contribution is 2.36. The van der Waals surface area contributed by atoms with Gasteiger partial charge < -0.3 is 24.3 Å². The average molecular weight is 390 g/mol. The quantitative estimate of drug-likeness (QED) is 0.729. The number of ether oxygens (including phenoxy) is 4. The largest absolute Gasteiger partial charge is 0.491 e. The first kappa shape index (κ1) is 18.9. The van der Waals surface area contributed by atoms with Crippen molar-refractivity contribution >= 4 is 23.6 Å². The highest BCUT2D eigenvalue weighted by Gasteiger charge is 2.13. The van der Waals surface area contributed by atoms with Crippen molar-refractivity contribution in [3.05, 3.63) is 52.6 Å². The van der Waals surface area contributed by atoms with Gasteiger partial charge in [-0.15, -0.1) is 0 Å². The number of hydrogen-bond donors (Lipinski definition) is 1. The van der Waals surface area contributed by atoms with Gasteiger partial charge in [-0.05, 0) is 48.4 Å². The zero-order valence-corrected chi connectivity index (χ0v) is 15.8. The zero-order chi connectivity index (χ0) is 19.2. The van der Waals surface area contributed by atoms with Gasteiger partial charge in [0.15, 0.2) is 23.0 Å². The number of halogens is 1. The van der Waals surface area contributed by atoms with Gasteiger partial charge in [-0.25, -0.2) is 0 Å². The Balaban J connectivity index is 1.62. The Morgan fingerprint density at radius 3 is 2.85 bits per heavy atom. The van der Waals surface area contributed by atoms with Crippen LogP contribution in [0.5, 0.6) is 23.0 Å². The molecule has 0 unspecified atom stereocenters. The summed E-state index contributed by atoms with van der Waals surface area (Å²) in [6, 6.07) is 9.05. The summed E-state index contributed by atoms with van der Waals surface area (Å²) in [5.41, 5.74) is 1.66. The van der Waals surface area contributed by atoms with E-state index in [0.717, 1.165) is 11.1 Å². The van der Waals surface area contributed by atoms with Crippen LogP contribution >= 0.6 is 11.6 Å². The molecule has 142 valence electrons. The van der Waals surface area contributed by atoms with Gasteiger partial charge in [0, 0.05) is 12.6 Å². The van der Waals surface area contributed by atoms with Gasteiger partial charge in [0.05, 0.1) is 18.7 Å². The molecule has 0 saturated carbocycles. The molecule has 3 rings (SSSR count). The molecular formula is C20H20ClNO5. The van der Waals surface area contributed by atoms with Gasteiger partial charge in [-0.1, -0.05) is 17.7 Å². The van der Waals surface area contributed by atoms with E-state index in [9.17, 15) is 4.79 Å². The molecule has 6 nitrogen and oxygen atoms in total. The first-order chi connectivity index (χ1) is 13.1. The average Bonchev–Trinajstić information content (AvgIpc) is 3.12. The van der Waals surface area contributed by atoms with E-state index in [1.54, 1.807) is 18.2 Å². The van der Waals surface area contributed by atoms with Gasteiger partial charge in [-0.2, -0.15) is 0 Å². The third-order valence-corrected chi connectivity index (χ3v) is 4.15. The Bertz CT molecular complexity index is 866. The van der Waals surface area contributed by atoms with Crippen molar-refractivity contribution < 1.29 is 23.7 Å². The van der Waals surface area contributed by atoms with Gasteiger partial charge >= 0.3 is 0 Å². The van der Waals surface area contributed by atoms with E-state index >= 15 is 0 Å². The number of nitrogens with one attached hydrogen (secondary N) is 1. The van der Waals surface area contributed by atoms with Crippen LogP contribution in [0.3, 0.4) is 0 Å². The number of fused-ring (bicyclic) bond motifs is 1. The van der Waals surface area contributed by atoms with Gasteiger partial charge in [0.25, 0.3) is 0 Å². The lowest BCUT2D eigenvalue weighted by molar-refractivity contribution is -0.116. The third-order valence-electron chi connectivity index (χ3n) is 3.87. The highest BCUT2D eigenvalue weighted by molar-refractivity contribution is 6.32. The predicted octanol–water partition coefficient (Wildman–Crippen LogP) is 3.81. The standard InChI is InChI=1S/C20H20ClNO5/c1-3-25-18-9-13(8-15(21)20(18)24-2)5-7-19(23)22-11-14-4-6-16-17(10-14)27-12-26-16/h4-10H,3,11-12H2,1-2H3,(H,22,23)/b7-5+. The Labute approximate surface area is 162 Å². The maximum absolute atomic E-state index is 12.1. The predicted molar refractivity (Wildman–Crippen MR) is 103 cm³/mol. The van der Waals surface area contributed by atoms with E-state index in [2.05, 4.69) is 5.32 Å². The molecule has 7 heteroatoms. The van der Waals surface area contributed by atoms with Crippen LogP contribution in [0.1, 0.15) is 18.1 Å². The molecule has 0 aromatic heterocycles. The number of carbonyl (C=O) groups excluding carboxylic acids is 1. The van der Waals surface area contributed by atoms with Crippen LogP contribution in [0.25, 0.3) is 6.08 Å². The number of benzene rings is 2. The van der Waals surface area contributed by atoms with Crippen LogP contribution in [0.2, 0.25) is 5.02 Å². The summed E-state index contributed by atoms with van der Waals surface area (Å²) in [6.45, 7) is 2.96. The van der Waals surface area contributed by atoms with Crippen LogP contribution in [0.4, 0.5) is 0 Å². The molecular weight excluding hydrogens is 370 g/mol. The topological polar surface area (TPSA) is 66.0 Å². The zero-order valence-electron chi connectivity index (χ0n) is 15.1. The number of amides is 1. The molecule has 1 aliphatic heterocycles. The summed E-state index contributed by atoms with van der Waals surface area (Å²) < 4.78 is 21.4. The summed E-state index contributed by atoms with van der Waals surface area (Å²) >= 11 is 6.21. The molecule has 27 heavy (non-hydrogen) atoms. The van der Waals surface area contributed by atoms with Crippen molar-refractivity contribution in [1.82, 2.24) is 5.32 Å². The number of carbonyl (C=O) groups is 1. The normalized spacial score (nSPS) is 12.3. The molecule has 0 fully saturated rings. The monoisotopic (exact) mass is 389 g/mol. The van der Waals surface area contributed by atoms with Crippen molar-refractivity contribution in [1.29, 1.82) is 0 Å². The van der Waals surface area contributed by atoms with Gasteiger partial charge in [-0.3, -0.25) is 4.79 Å². The SMILES string of the molecule is CCOc1cc(/C=C/C(=O)NCc2ccc3c(c2)OCO3)cc(Cl)c1OC. The van der Waals surface area contributed by atoms with E-state index < -0.39 is 0 Å². The van der Waals surface area contributed by atoms with Crippen LogP contribution in [0.15, 0.2) is 36.4 Å². The summed E-state index contributed by atoms with van der Waals surface area (Å²) in [6.07, 6.45) is 3.11. The minimum Gasteiger partial charge on any atom is -0.491 e. The fourth-order valence-electron chi connectivity index (χ4n) is 2.62. The maximum atomic E-state index is 12.1. The molecule has 0 atom stereocenters. The first-order valence-corrected chi connectivity index (χ1v) is 8.83. The molecule has 0 saturated heterocycles. The van der Waals surface area contributed by atoms with E-state index in [4.69, 9.17) is 30.5 Å². The van der Waals surface area contributed by atoms with Gasteiger partial charge in [0.1, 0.15) is 0 Å². The molecule has 1 aliphatic rings. The van der Waals surface area contributed by atoms with Crippen molar-refractivity contribution in [2.45, 2.75) is 13.5 Å². The Morgan fingerprint density at radius 1 is 1.26 bits per heavy atom. The maximum Gasteiger partial charge on any atom is 0.244 e. The first-order valence-electron chi connectivity index (χ1n) is 8.45. The molecule has 1 heterocycles. The van der Waals surface area contributed by atoms with E-state index in [1.807, 2.05) is 25.1 Å². The molecule has 0 bridgehead atoms. The Morgan fingerprint density at radius 2 is 2.07 bits per heavy atom. The molecule has 1 amide bonds. The minimum absolute atomic E-state index is 0.224. The Kier molecular flexibility index (Phi) is 6.08. The van der Waals surface area contributed by atoms with Crippen molar-refractivity contribution in [2.75, 3.05) is 20.5 Å². The fourth-order valence-corrected chi connectivity index (χ4v) is 2.91. The summed E-state index contributed by atoms with van der Waals surface area (Å²) in [4.78, 5) is 12.1. The molecule has 2 aromatic carbocycles. The van der Waals surface area contributed by atoms with Crippen LogP contribution in [-0.2, 0) is 11.3 Å². The lowest BCUT2D eigenvalue weighted by Crippen LogP contribution is -2.20. The summed E-state index contributed by atoms with van der Waals surface area (Å²) in [7, 11) is 1.53. The van der Waals surface area contributed by atoms with Crippen LogP contribution in [0, 0.1) is 0 Å². The lowest BCUT2D eigenvalue weighted by atomic mass is 10.1. The van der Waals surface area contributed by atoms with E-state index in [-0.39, 0.29) is 12.7 Å². The van der Waals surface area contributed by atoms with Crippen molar-refractivity contribution in [2.24, 2.45) is 0 Å². The summed E-state index contributed by atoms with van der Waals surface area (Å²) in [5, 5.41) is 3.25. The van der Waals surface area contributed by atoms with Crippen molar-refractivity contribution in [3.8, 4) is 23.0 Å². The third kappa shape index (κ3) is 4.65. The molecule has 0 aliphatic carbocycles. The second kappa shape index (κ2) is 8.68. The second-order valence-corrected chi connectivity index (χ2v) is 6.11. The smallest absolute Gasteiger partial charge is 0.244 e. The number of hydrogen-bond acceptors (Lipinski definition) is 5. The minimum atomic E-state index is -0.224. The van der Waals surface area contributed by atoms with Crippen molar-refractivity contribution in [3.63, 3.8) is 0 Å². The molecule has 0 radical (unpaired) electrons. The van der Waals surface area contributed by atoms with Gasteiger partial charge in [0.2, 0.25) is 12.7 Å². The molecule has 0 spiro atoms. The fraction of sp³-hybridized carbons (Fsp3) is 0.250. The van der Waals surface area contributed by atoms with Crippen LogP contribution in [-0.4, -0.2) is 26.4 Å². The molecule has 2 aromatic rings. The summed E-state index contributed by atoms with van der Waals surface area (Å²) in [5.74, 6) is 2.19. The second-order valence-electron chi connectivity index (χ2n) is 5.71. The Hall–Kier alpha value is -2.86. The number of rotatable bonds is 7. The molecule has 1 N–H and O–H groups in total. The highest BCUT2D eigenvalue weighted by atomic mass is 35.5. The van der Waals surface area contributed by atoms with E-state index in [0.29, 0.717) is 41.2 Å². The van der Waals surface area contributed by atoms with Crippen LogP contribution < -0.4 is 24.3 Å². The number of methoxy groups -OCH3 is 1. The van der Waals surface area contributed by atoms with E-state index in [1.165, 1.54) is 13.2 Å².